The summed E-state index contributed by atoms with van der Waals surface area (Å²) < 4.78 is 25.2. The van der Waals surface area contributed by atoms with E-state index in [2.05, 4.69) is 5.10 Å². The highest BCUT2D eigenvalue weighted by Gasteiger charge is 2.25. The summed E-state index contributed by atoms with van der Waals surface area (Å²) in [5, 5.41) is 4.32. The Hall–Kier alpha value is -1.24. The molecule has 6 nitrogen and oxygen atoms in total. The van der Waals surface area contributed by atoms with Crippen molar-refractivity contribution >= 4 is 21.5 Å². The molecule has 0 radical (unpaired) electrons. The van der Waals surface area contributed by atoms with Gasteiger partial charge in [-0.25, -0.2) is 13.1 Å². The maximum atomic E-state index is 11.8. The number of hydrogen-bond acceptors (Lipinski definition) is 5. The lowest BCUT2D eigenvalue weighted by Gasteiger charge is -2.16. The third-order valence-corrected chi connectivity index (χ3v) is 3.79. The van der Waals surface area contributed by atoms with Crippen LogP contribution < -0.4 is 10.6 Å². The molecule has 1 rings (SSSR count). The summed E-state index contributed by atoms with van der Waals surface area (Å²) in [5.74, 6) is 0.683. The number of nitrogens with zero attached hydrogens (tertiary/aromatic N) is 3. The van der Waals surface area contributed by atoms with Crippen LogP contribution in [0, 0.1) is 0 Å². The van der Waals surface area contributed by atoms with Gasteiger partial charge in [0.2, 0.25) is 0 Å². The molecule has 104 valence electrons. The number of aromatic nitrogens is 2. The number of nitrogens with two attached hydrogens (primary N) is 1. The molecule has 0 saturated heterocycles. The van der Waals surface area contributed by atoms with Crippen molar-refractivity contribution in [1.82, 2.24) is 9.78 Å². The predicted octanol–water partition coefficient (Wildman–Crippen LogP) is 1.12. The van der Waals surface area contributed by atoms with Crippen molar-refractivity contribution in [2.45, 2.75) is 38.1 Å². The first-order valence-electron chi connectivity index (χ1n) is 6.10. The molecule has 0 amide bonds. The van der Waals surface area contributed by atoms with E-state index in [4.69, 9.17) is 5.73 Å². The molecule has 0 aliphatic heterocycles. The fourth-order valence-corrected chi connectivity index (χ4v) is 2.89. The van der Waals surface area contributed by atoms with Crippen LogP contribution in [-0.2, 0) is 16.4 Å². The van der Waals surface area contributed by atoms with Crippen LogP contribution in [0.15, 0.2) is 4.90 Å². The highest BCUT2D eigenvalue weighted by atomic mass is 32.2. The zero-order valence-corrected chi connectivity index (χ0v) is 12.3. The fraction of sp³-hybridized carbons (Fsp3) is 0.727. The Morgan fingerprint density at radius 3 is 2.39 bits per heavy atom. The van der Waals surface area contributed by atoms with Gasteiger partial charge < -0.3 is 10.6 Å². The molecule has 0 bridgehead atoms. The molecular weight excluding hydrogens is 252 g/mol. The average Bonchev–Trinajstić information content (AvgIpc) is 2.57. The van der Waals surface area contributed by atoms with E-state index >= 15 is 0 Å². The Balaban J connectivity index is 3.35. The fourth-order valence-electron chi connectivity index (χ4n) is 1.87. The molecule has 1 aromatic heterocycles. The third-order valence-electron chi connectivity index (χ3n) is 2.66. The van der Waals surface area contributed by atoms with Crippen molar-refractivity contribution in [3.05, 3.63) is 0 Å². The number of aryl methyl sites for hydroxylation is 1. The van der Waals surface area contributed by atoms with Gasteiger partial charge in [-0.05, 0) is 12.8 Å². The maximum absolute atomic E-state index is 11.8. The van der Waals surface area contributed by atoms with Gasteiger partial charge >= 0.3 is 0 Å². The van der Waals surface area contributed by atoms with E-state index in [1.807, 2.05) is 25.8 Å². The quantitative estimate of drug-likeness (QED) is 0.841. The van der Waals surface area contributed by atoms with Crippen molar-refractivity contribution in [1.29, 1.82) is 0 Å². The van der Waals surface area contributed by atoms with Crippen LogP contribution in [0.4, 0.5) is 11.6 Å². The largest absolute Gasteiger partial charge is 0.383 e. The first-order valence-corrected chi connectivity index (χ1v) is 7.99. The molecule has 0 aliphatic rings. The van der Waals surface area contributed by atoms with Crippen molar-refractivity contribution < 1.29 is 8.42 Å². The Morgan fingerprint density at radius 1 is 1.33 bits per heavy atom. The van der Waals surface area contributed by atoms with Gasteiger partial charge in [0, 0.05) is 26.4 Å². The molecule has 1 aromatic rings. The molecular formula is C11H22N4O2S. The minimum Gasteiger partial charge on any atom is -0.383 e. The average molecular weight is 274 g/mol. The summed E-state index contributed by atoms with van der Waals surface area (Å²) in [7, 11) is -1.55. The van der Waals surface area contributed by atoms with Gasteiger partial charge in [-0.2, -0.15) is 5.10 Å². The van der Waals surface area contributed by atoms with Crippen LogP contribution in [0.1, 0.15) is 26.7 Å². The van der Waals surface area contributed by atoms with Gasteiger partial charge in [-0.15, -0.1) is 0 Å². The van der Waals surface area contributed by atoms with Gasteiger partial charge in [0.25, 0.3) is 0 Å². The van der Waals surface area contributed by atoms with E-state index < -0.39 is 9.84 Å². The third kappa shape index (κ3) is 2.95. The lowest BCUT2D eigenvalue weighted by Crippen LogP contribution is -2.20. The summed E-state index contributed by atoms with van der Waals surface area (Å²) in [6, 6.07) is 0. The molecule has 18 heavy (non-hydrogen) atoms. The van der Waals surface area contributed by atoms with E-state index in [-0.39, 0.29) is 10.7 Å². The number of nitrogen functional groups attached to an aromatic ring is 1. The first-order chi connectivity index (χ1) is 8.32. The summed E-state index contributed by atoms with van der Waals surface area (Å²) in [6.07, 6.45) is 2.94. The van der Waals surface area contributed by atoms with Crippen LogP contribution in [-0.4, -0.2) is 38.0 Å². The standard InChI is InChI=1S/C11H22N4O2S/c1-5-7-14(3)11-9(18(4,16)17)10(12)15(13-11)8-6-2/h5-8,12H2,1-4H3. The van der Waals surface area contributed by atoms with Crippen molar-refractivity contribution in [2.24, 2.45) is 0 Å². The molecule has 0 aliphatic carbocycles. The molecule has 0 atom stereocenters. The van der Waals surface area contributed by atoms with E-state index in [1.54, 1.807) is 4.68 Å². The minimum atomic E-state index is -3.37. The Morgan fingerprint density at radius 2 is 1.94 bits per heavy atom. The van der Waals surface area contributed by atoms with Gasteiger partial charge in [-0.1, -0.05) is 13.8 Å². The van der Waals surface area contributed by atoms with E-state index in [0.29, 0.717) is 12.4 Å². The molecule has 0 fully saturated rings. The van der Waals surface area contributed by atoms with Crippen LogP contribution in [0.5, 0.6) is 0 Å². The highest BCUT2D eigenvalue weighted by Crippen LogP contribution is 2.29. The molecule has 0 spiro atoms. The zero-order chi connectivity index (χ0) is 13.9. The van der Waals surface area contributed by atoms with Gasteiger partial charge in [-0.3, -0.25) is 0 Å². The van der Waals surface area contributed by atoms with Crippen molar-refractivity contribution in [2.75, 3.05) is 30.5 Å². The summed E-state index contributed by atoms with van der Waals surface area (Å²) in [4.78, 5) is 1.98. The predicted molar refractivity (Wildman–Crippen MR) is 73.6 cm³/mol. The van der Waals surface area contributed by atoms with Crippen LogP contribution in [0.2, 0.25) is 0 Å². The van der Waals surface area contributed by atoms with Gasteiger partial charge in [0.15, 0.2) is 20.6 Å². The molecule has 7 heteroatoms. The number of hydrogen-bond donors (Lipinski definition) is 1. The summed E-state index contributed by atoms with van der Waals surface area (Å²) in [5.41, 5.74) is 5.90. The molecule has 1 heterocycles. The number of rotatable bonds is 6. The first kappa shape index (κ1) is 14.8. The topological polar surface area (TPSA) is 81.2 Å². The molecule has 2 N–H and O–H groups in total. The minimum absolute atomic E-state index is 0.145. The number of sulfone groups is 1. The maximum Gasteiger partial charge on any atom is 0.182 e. The highest BCUT2D eigenvalue weighted by molar-refractivity contribution is 7.91. The van der Waals surface area contributed by atoms with E-state index in [0.717, 1.165) is 19.4 Å². The SMILES string of the molecule is CCCN(C)c1nn(CCC)c(N)c1S(C)(=O)=O. The van der Waals surface area contributed by atoms with Gasteiger partial charge in [0.1, 0.15) is 5.82 Å². The second-order valence-electron chi connectivity index (χ2n) is 4.45. The molecule has 0 aromatic carbocycles. The van der Waals surface area contributed by atoms with Crippen LogP contribution in [0.3, 0.4) is 0 Å². The lowest BCUT2D eigenvalue weighted by atomic mass is 10.4. The molecule has 0 saturated carbocycles. The zero-order valence-electron chi connectivity index (χ0n) is 11.5. The monoisotopic (exact) mass is 274 g/mol. The summed E-state index contributed by atoms with van der Waals surface area (Å²) in [6.45, 7) is 5.39. The summed E-state index contributed by atoms with van der Waals surface area (Å²) >= 11 is 0. The Labute approximate surface area is 109 Å². The number of anilines is 2. The Kier molecular flexibility index (Phi) is 4.61. The lowest BCUT2D eigenvalue weighted by molar-refractivity contribution is 0.600. The Bertz CT molecular complexity index is 507. The van der Waals surface area contributed by atoms with E-state index in [1.165, 1.54) is 6.26 Å². The van der Waals surface area contributed by atoms with Crippen molar-refractivity contribution in [3.8, 4) is 0 Å². The second-order valence-corrected chi connectivity index (χ2v) is 6.41. The van der Waals surface area contributed by atoms with Gasteiger partial charge in [0.05, 0.1) is 0 Å². The second kappa shape index (κ2) is 5.60. The van der Waals surface area contributed by atoms with Crippen molar-refractivity contribution in [3.63, 3.8) is 0 Å². The van der Waals surface area contributed by atoms with Crippen LogP contribution >= 0.6 is 0 Å². The molecule has 0 unspecified atom stereocenters. The smallest absolute Gasteiger partial charge is 0.182 e. The normalized spacial score (nSPS) is 11.8. The van der Waals surface area contributed by atoms with Crippen LogP contribution in [0.25, 0.3) is 0 Å². The van der Waals surface area contributed by atoms with E-state index in [9.17, 15) is 8.42 Å².